The van der Waals surface area contributed by atoms with Gasteiger partial charge in [0.1, 0.15) is 5.78 Å². The fourth-order valence-electron chi connectivity index (χ4n) is 4.61. The van der Waals surface area contributed by atoms with Crippen LogP contribution in [-0.4, -0.2) is 34.1 Å². The summed E-state index contributed by atoms with van der Waals surface area (Å²) in [7, 11) is -7.29. The lowest BCUT2D eigenvalue weighted by Crippen LogP contribution is -2.22. The first-order chi connectivity index (χ1) is 18.2. The van der Waals surface area contributed by atoms with E-state index in [1.54, 1.807) is 60.7 Å². The quantitative estimate of drug-likeness (QED) is 0.223. The molecule has 0 N–H and O–H groups in total. The van der Waals surface area contributed by atoms with E-state index in [4.69, 9.17) is 0 Å². The van der Waals surface area contributed by atoms with Crippen LogP contribution in [0.25, 0.3) is 0 Å². The second kappa shape index (κ2) is 12.3. The van der Waals surface area contributed by atoms with Crippen molar-refractivity contribution in [2.24, 2.45) is 0 Å². The van der Waals surface area contributed by atoms with Gasteiger partial charge in [0.2, 0.25) is 0 Å². The van der Waals surface area contributed by atoms with Gasteiger partial charge in [-0.1, -0.05) is 97.1 Å². The number of ketones is 1. The first-order valence-corrected chi connectivity index (χ1v) is 15.7. The standard InChI is InChI=1S/C31H30O5S2/c32-29(21-27(25-13-5-1-6-14-25)23-37(33,34)30-17-9-3-10-18-30)22-28(26-15-7-2-8-16-26)24-38(35,36)31-19-11-4-12-20-31/h1-20,27-28H,21-24H2. The molecule has 2 atom stereocenters. The third-order valence-corrected chi connectivity index (χ3v) is 10.2. The van der Waals surface area contributed by atoms with Crippen molar-refractivity contribution in [2.75, 3.05) is 11.5 Å². The van der Waals surface area contributed by atoms with Crippen LogP contribution < -0.4 is 0 Å². The lowest BCUT2D eigenvalue weighted by Gasteiger charge is -2.20. The van der Waals surface area contributed by atoms with Crippen molar-refractivity contribution in [3.8, 4) is 0 Å². The van der Waals surface area contributed by atoms with E-state index in [0.29, 0.717) is 0 Å². The normalized spacial score (nSPS) is 13.5. The molecule has 0 amide bonds. The molecule has 0 spiro atoms. The van der Waals surface area contributed by atoms with E-state index in [1.165, 1.54) is 0 Å². The van der Waals surface area contributed by atoms with E-state index < -0.39 is 31.5 Å². The topological polar surface area (TPSA) is 85.3 Å². The lowest BCUT2D eigenvalue weighted by molar-refractivity contribution is -0.119. The van der Waals surface area contributed by atoms with Crippen LogP contribution in [0.5, 0.6) is 0 Å². The first-order valence-electron chi connectivity index (χ1n) is 12.4. The summed E-state index contributed by atoms with van der Waals surface area (Å²) in [6.45, 7) is 0. The third kappa shape index (κ3) is 7.27. The Balaban J connectivity index is 1.58. The minimum Gasteiger partial charge on any atom is -0.300 e. The van der Waals surface area contributed by atoms with Crippen LogP contribution in [0, 0.1) is 0 Å². The van der Waals surface area contributed by atoms with E-state index >= 15 is 0 Å². The molecule has 0 aliphatic heterocycles. The highest BCUT2D eigenvalue weighted by atomic mass is 32.2. The molecular formula is C31H30O5S2. The molecule has 0 aromatic heterocycles. The van der Waals surface area contributed by atoms with E-state index in [9.17, 15) is 21.6 Å². The summed E-state index contributed by atoms with van der Waals surface area (Å²) in [6.07, 6.45) is -0.0183. The minimum absolute atomic E-state index is 0.00913. The van der Waals surface area contributed by atoms with Crippen molar-refractivity contribution < 1.29 is 21.6 Å². The van der Waals surface area contributed by atoms with Crippen molar-refractivity contribution in [2.45, 2.75) is 34.5 Å². The van der Waals surface area contributed by atoms with Gasteiger partial charge >= 0.3 is 0 Å². The minimum atomic E-state index is -3.65. The Morgan fingerprint density at radius 1 is 0.474 bits per heavy atom. The molecular weight excluding hydrogens is 516 g/mol. The highest BCUT2D eigenvalue weighted by Crippen LogP contribution is 2.30. The Kier molecular flexibility index (Phi) is 8.92. The average molecular weight is 547 g/mol. The lowest BCUT2D eigenvalue weighted by atomic mass is 9.89. The van der Waals surface area contributed by atoms with Crippen LogP contribution >= 0.6 is 0 Å². The van der Waals surface area contributed by atoms with Gasteiger partial charge in [-0.05, 0) is 35.4 Å². The molecule has 7 heteroatoms. The van der Waals surface area contributed by atoms with Gasteiger partial charge < -0.3 is 0 Å². The van der Waals surface area contributed by atoms with Gasteiger partial charge in [-0.2, -0.15) is 0 Å². The number of hydrogen-bond donors (Lipinski definition) is 0. The summed E-state index contributed by atoms with van der Waals surface area (Å²) >= 11 is 0. The van der Waals surface area contributed by atoms with Crippen molar-refractivity contribution in [3.63, 3.8) is 0 Å². The fourth-order valence-corrected chi connectivity index (χ4v) is 7.82. The van der Waals surface area contributed by atoms with Crippen LogP contribution in [0.3, 0.4) is 0 Å². The van der Waals surface area contributed by atoms with Crippen molar-refractivity contribution in [3.05, 3.63) is 132 Å². The number of carbonyl (C=O) groups is 1. The first kappa shape index (κ1) is 27.5. The molecule has 0 saturated heterocycles. The van der Waals surface area contributed by atoms with Gasteiger partial charge in [0.15, 0.2) is 19.7 Å². The summed E-state index contributed by atoms with van der Waals surface area (Å²) in [5, 5.41) is 0. The molecule has 4 aromatic carbocycles. The van der Waals surface area contributed by atoms with Crippen LogP contribution in [0.15, 0.2) is 131 Å². The van der Waals surface area contributed by atoms with Gasteiger partial charge in [-0.25, -0.2) is 16.8 Å². The number of carbonyl (C=O) groups excluding carboxylic acids is 1. The predicted molar refractivity (Wildman–Crippen MR) is 150 cm³/mol. The molecule has 0 radical (unpaired) electrons. The van der Waals surface area contributed by atoms with Gasteiger partial charge in [0, 0.05) is 24.7 Å². The predicted octanol–water partition coefficient (Wildman–Crippen LogP) is 5.85. The summed E-state index contributed by atoms with van der Waals surface area (Å²) in [5.41, 5.74) is 1.52. The van der Waals surface area contributed by atoms with Gasteiger partial charge in [0.25, 0.3) is 0 Å². The molecule has 4 aromatic rings. The van der Waals surface area contributed by atoms with Gasteiger partial charge in [-0.15, -0.1) is 0 Å². The average Bonchev–Trinajstić information content (AvgIpc) is 2.94. The highest BCUT2D eigenvalue weighted by molar-refractivity contribution is 7.91. The Morgan fingerprint density at radius 2 is 0.763 bits per heavy atom. The smallest absolute Gasteiger partial charge is 0.178 e. The van der Waals surface area contributed by atoms with Crippen LogP contribution in [0.1, 0.15) is 35.8 Å². The molecule has 0 fully saturated rings. The molecule has 0 aliphatic carbocycles. The molecule has 38 heavy (non-hydrogen) atoms. The fraction of sp³-hybridized carbons (Fsp3) is 0.194. The SMILES string of the molecule is O=C(CC(CS(=O)(=O)c1ccccc1)c1ccccc1)CC(CS(=O)(=O)c1ccccc1)c1ccccc1. The maximum atomic E-state index is 13.5. The summed E-state index contributed by atoms with van der Waals surface area (Å²) < 4.78 is 52.8. The number of rotatable bonds is 12. The molecule has 4 rings (SSSR count). The summed E-state index contributed by atoms with van der Waals surface area (Å²) in [4.78, 5) is 13.9. The molecule has 196 valence electrons. The second-order valence-electron chi connectivity index (χ2n) is 9.35. The van der Waals surface area contributed by atoms with E-state index in [-0.39, 0.29) is 39.9 Å². The van der Waals surface area contributed by atoms with E-state index in [0.717, 1.165) is 11.1 Å². The molecule has 0 saturated carbocycles. The molecule has 0 bridgehead atoms. The number of Topliss-reactive ketones (excluding diaryl/α,β-unsaturated/α-hetero) is 1. The monoisotopic (exact) mass is 546 g/mol. The maximum Gasteiger partial charge on any atom is 0.178 e. The van der Waals surface area contributed by atoms with Crippen LogP contribution in [-0.2, 0) is 24.5 Å². The van der Waals surface area contributed by atoms with Crippen LogP contribution in [0.4, 0.5) is 0 Å². The third-order valence-electron chi connectivity index (χ3n) is 6.54. The Hall–Kier alpha value is -3.55. The highest BCUT2D eigenvalue weighted by Gasteiger charge is 2.28. The largest absolute Gasteiger partial charge is 0.300 e. The zero-order valence-corrected chi connectivity index (χ0v) is 22.5. The van der Waals surface area contributed by atoms with E-state index in [2.05, 4.69) is 0 Å². The Morgan fingerprint density at radius 3 is 1.08 bits per heavy atom. The van der Waals surface area contributed by atoms with Crippen LogP contribution in [0.2, 0.25) is 0 Å². The zero-order valence-electron chi connectivity index (χ0n) is 20.9. The zero-order chi connectivity index (χ0) is 27.0. The summed E-state index contributed by atoms with van der Waals surface area (Å²) in [6, 6.07) is 34.7. The Bertz CT molecular complexity index is 1420. The molecule has 0 heterocycles. The number of hydrogen-bond acceptors (Lipinski definition) is 5. The number of sulfone groups is 2. The number of benzene rings is 4. The van der Waals surface area contributed by atoms with E-state index in [1.807, 2.05) is 60.7 Å². The van der Waals surface area contributed by atoms with Crippen molar-refractivity contribution >= 4 is 25.5 Å². The van der Waals surface area contributed by atoms with Gasteiger partial charge in [0.05, 0.1) is 21.3 Å². The molecule has 0 aliphatic rings. The molecule has 5 nitrogen and oxygen atoms in total. The second-order valence-corrected chi connectivity index (χ2v) is 13.4. The summed E-state index contributed by atoms with van der Waals surface area (Å²) in [5.74, 6) is -1.73. The maximum absolute atomic E-state index is 13.5. The van der Waals surface area contributed by atoms with Crippen molar-refractivity contribution in [1.82, 2.24) is 0 Å². The van der Waals surface area contributed by atoms with Gasteiger partial charge in [-0.3, -0.25) is 4.79 Å². The molecule has 2 unspecified atom stereocenters. The van der Waals surface area contributed by atoms with Crippen molar-refractivity contribution in [1.29, 1.82) is 0 Å². The Labute approximate surface area is 225 Å².